The van der Waals surface area contributed by atoms with Gasteiger partial charge < -0.3 is 16.2 Å². The number of hydrogen-bond acceptors (Lipinski definition) is 6. The Balaban J connectivity index is 0.00000144. The minimum absolute atomic E-state index is 0. The largest absolute Gasteiger partial charge is 0.391 e. The molecule has 24 heavy (non-hydrogen) atoms. The van der Waals surface area contributed by atoms with Gasteiger partial charge in [-0.2, -0.15) is 15.3 Å². The fourth-order valence-electron chi connectivity index (χ4n) is 2.24. The Morgan fingerprint density at radius 3 is 2.54 bits per heavy atom. The van der Waals surface area contributed by atoms with Crippen molar-refractivity contribution in [3.63, 3.8) is 0 Å². The molecule has 0 radical (unpaired) electrons. The van der Waals surface area contributed by atoms with Gasteiger partial charge in [-0.3, -0.25) is 9.89 Å². The summed E-state index contributed by atoms with van der Waals surface area (Å²) in [7, 11) is 0. The molecule has 1 saturated carbocycles. The predicted octanol–water partition coefficient (Wildman–Crippen LogP) is 0.524. The van der Waals surface area contributed by atoms with Gasteiger partial charge in [0.25, 0.3) is 0 Å². The van der Waals surface area contributed by atoms with Crippen molar-refractivity contribution in [3.05, 3.63) is 30.2 Å². The van der Waals surface area contributed by atoms with E-state index in [0.717, 1.165) is 18.4 Å². The lowest BCUT2D eigenvalue weighted by Crippen LogP contribution is -2.50. The Bertz CT molecular complexity index is 658. The van der Waals surface area contributed by atoms with Crippen LogP contribution in [0.15, 0.2) is 24.5 Å². The molecule has 0 aromatic carbocycles. The van der Waals surface area contributed by atoms with Crippen LogP contribution < -0.4 is 11.1 Å². The molecule has 2 aromatic heterocycles. The minimum Gasteiger partial charge on any atom is -0.391 e. The number of carbonyl (C=O) groups excluding carboxylic acids is 1. The van der Waals surface area contributed by atoms with E-state index in [2.05, 4.69) is 25.7 Å². The molecule has 0 unspecified atom stereocenters. The molecule has 0 bridgehead atoms. The fourth-order valence-corrected chi connectivity index (χ4v) is 2.24. The first-order valence-electron chi connectivity index (χ1n) is 7.11. The average molecular weight is 375 g/mol. The maximum atomic E-state index is 12.0. The van der Waals surface area contributed by atoms with Gasteiger partial charge in [-0.1, -0.05) is 0 Å². The molecule has 0 spiro atoms. The number of hydrogen-bond donors (Lipinski definition) is 4. The number of amides is 1. The average Bonchev–Trinajstić information content (AvgIpc) is 3.09. The highest BCUT2D eigenvalue weighted by molar-refractivity contribution is 5.85. The first-order chi connectivity index (χ1) is 10.5. The summed E-state index contributed by atoms with van der Waals surface area (Å²) < 4.78 is 0. The van der Waals surface area contributed by atoms with Gasteiger partial charge in [0.2, 0.25) is 5.91 Å². The summed E-state index contributed by atoms with van der Waals surface area (Å²) in [5, 5.41) is 27.3. The summed E-state index contributed by atoms with van der Waals surface area (Å²) >= 11 is 0. The zero-order chi connectivity index (χ0) is 15.7. The minimum atomic E-state index is -0.948. The van der Waals surface area contributed by atoms with Gasteiger partial charge in [-0.25, -0.2) is 0 Å². The highest BCUT2D eigenvalue weighted by Gasteiger charge is 2.48. The van der Waals surface area contributed by atoms with E-state index in [1.165, 1.54) is 6.92 Å². The van der Waals surface area contributed by atoms with Gasteiger partial charge in [-0.15, -0.1) is 24.8 Å². The van der Waals surface area contributed by atoms with Crippen LogP contribution in [0.4, 0.5) is 0 Å². The van der Waals surface area contributed by atoms with E-state index in [4.69, 9.17) is 5.73 Å². The Morgan fingerprint density at radius 2 is 2.08 bits per heavy atom. The van der Waals surface area contributed by atoms with Crippen LogP contribution in [0.25, 0.3) is 11.3 Å². The van der Waals surface area contributed by atoms with Crippen LogP contribution in [0.1, 0.15) is 25.5 Å². The molecule has 1 aliphatic carbocycles. The molecule has 5 N–H and O–H groups in total. The first-order valence-corrected chi connectivity index (χ1v) is 7.11. The Kier molecular flexibility index (Phi) is 6.67. The number of aliphatic hydroxyl groups excluding tert-OH is 1. The van der Waals surface area contributed by atoms with Crippen LogP contribution in [-0.4, -0.2) is 43.6 Å². The van der Waals surface area contributed by atoms with Crippen molar-refractivity contribution in [3.8, 4) is 11.3 Å². The molecule has 2 heterocycles. The smallest absolute Gasteiger partial charge is 0.240 e. The SMILES string of the molecule is C[C@@H](O)[C@H](N)C(=O)NC1(c2ccc(-c3cn[nH]c3)nn2)CC1.Cl.Cl. The molecular weight excluding hydrogens is 355 g/mol. The van der Waals surface area contributed by atoms with E-state index in [1.54, 1.807) is 12.4 Å². The maximum Gasteiger partial charge on any atom is 0.240 e. The third-order valence-electron chi connectivity index (χ3n) is 3.88. The molecule has 2 aromatic rings. The predicted molar refractivity (Wildman–Crippen MR) is 92.8 cm³/mol. The second-order valence-electron chi connectivity index (χ2n) is 5.63. The molecule has 1 fully saturated rings. The van der Waals surface area contributed by atoms with Crippen LogP contribution in [0.2, 0.25) is 0 Å². The van der Waals surface area contributed by atoms with E-state index in [-0.39, 0.29) is 30.7 Å². The van der Waals surface area contributed by atoms with Crippen molar-refractivity contribution in [1.29, 1.82) is 0 Å². The van der Waals surface area contributed by atoms with Crippen molar-refractivity contribution >= 4 is 30.7 Å². The lowest BCUT2D eigenvalue weighted by molar-refractivity contribution is -0.125. The van der Waals surface area contributed by atoms with Crippen molar-refractivity contribution in [2.45, 2.75) is 37.5 Å². The zero-order valence-electron chi connectivity index (χ0n) is 13.0. The third kappa shape index (κ3) is 4.02. The number of carbonyl (C=O) groups is 1. The van der Waals surface area contributed by atoms with Crippen molar-refractivity contribution in [1.82, 2.24) is 25.7 Å². The van der Waals surface area contributed by atoms with Crippen molar-refractivity contribution in [2.75, 3.05) is 0 Å². The molecule has 0 aliphatic heterocycles. The summed E-state index contributed by atoms with van der Waals surface area (Å²) in [5.41, 5.74) is 7.40. The summed E-state index contributed by atoms with van der Waals surface area (Å²) in [6.45, 7) is 1.49. The number of rotatable bonds is 5. The van der Waals surface area contributed by atoms with Crippen molar-refractivity contribution in [2.24, 2.45) is 5.73 Å². The van der Waals surface area contributed by atoms with Crippen LogP contribution in [0.3, 0.4) is 0 Å². The van der Waals surface area contributed by atoms with Gasteiger partial charge in [0.05, 0.1) is 29.2 Å². The Hall–Kier alpha value is -1.74. The number of H-pyrrole nitrogens is 1. The van der Waals surface area contributed by atoms with Gasteiger partial charge in [-0.05, 0) is 31.9 Å². The summed E-state index contributed by atoms with van der Waals surface area (Å²) in [4.78, 5) is 12.0. The van der Waals surface area contributed by atoms with Gasteiger partial charge in [0.15, 0.2) is 0 Å². The Labute approximate surface area is 151 Å². The molecule has 1 aliphatic rings. The number of nitrogens with zero attached hydrogens (tertiary/aromatic N) is 3. The highest BCUT2D eigenvalue weighted by atomic mass is 35.5. The van der Waals surface area contributed by atoms with E-state index >= 15 is 0 Å². The van der Waals surface area contributed by atoms with E-state index in [1.807, 2.05) is 12.1 Å². The summed E-state index contributed by atoms with van der Waals surface area (Å²) in [5.74, 6) is -0.381. The molecule has 2 atom stereocenters. The number of aromatic nitrogens is 4. The van der Waals surface area contributed by atoms with Crippen LogP contribution >= 0.6 is 24.8 Å². The number of nitrogens with one attached hydrogen (secondary N) is 2. The standard InChI is InChI=1S/C14H18N6O2.2ClH/c1-8(21)12(15)13(22)18-14(4-5-14)11-3-2-10(19-20-11)9-6-16-17-7-9;;/h2-3,6-8,12,21H,4-5,15H2,1H3,(H,16,17)(H,18,22);2*1H/t8-,12+;;/m1../s1. The fraction of sp³-hybridized carbons (Fsp3) is 0.429. The molecule has 8 nitrogen and oxygen atoms in total. The van der Waals surface area contributed by atoms with Crippen molar-refractivity contribution < 1.29 is 9.90 Å². The van der Waals surface area contributed by atoms with Crippen LogP contribution in [-0.2, 0) is 10.3 Å². The van der Waals surface area contributed by atoms with E-state index in [0.29, 0.717) is 11.4 Å². The highest BCUT2D eigenvalue weighted by Crippen LogP contribution is 2.44. The van der Waals surface area contributed by atoms with Gasteiger partial charge >= 0.3 is 0 Å². The lowest BCUT2D eigenvalue weighted by atomic mass is 10.1. The molecule has 10 heteroatoms. The quantitative estimate of drug-likeness (QED) is 0.603. The zero-order valence-corrected chi connectivity index (χ0v) is 14.6. The van der Waals surface area contributed by atoms with Gasteiger partial charge in [0.1, 0.15) is 6.04 Å². The maximum absolute atomic E-state index is 12.0. The lowest BCUT2D eigenvalue weighted by Gasteiger charge is -2.21. The molecule has 132 valence electrons. The van der Waals surface area contributed by atoms with Crippen LogP contribution in [0.5, 0.6) is 0 Å². The first kappa shape index (κ1) is 20.3. The summed E-state index contributed by atoms with van der Waals surface area (Å²) in [6.07, 6.45) is 4.07. The number of aromatic amines is 1. The van der Waals surface area contributed by atoms with Gasteiger partial charge in [0, 0.05) is 11.8 Å². The molecular formula is C14H20Cl2N6O2. The number of nitrogens with two attached hydrogens (primary N) is 1. The number of aliphatic hydroxyl groups is 1. The number of halogens is 2. The second kappa shape index (κ2) is 7.89. The van der Waals surface area contributed by atoms with E-state index < -0.39 is 17.7 Å². The second-order valence-corrected chi connectivity index (χ2v) is 5.63. The third-order valence-corrected chi connectivity index (χ3v) is 3.88. The topological polar surface area (TPSA) is 130 Å². The molecule has 0 saturated heterocycles. The molecule has 3 rings (SSSR count). The monoisotopic (exact) mass is 374 g/mol. The normalized spacial score (nSPS) is 17.0. The van der Waals surface area contributed by atoms with Crippen LogP contribution in [0, 0.1) is 0 Å². The summed E-state index contributed by atoms with van der Waals surface area (Å²) in [6, 6.07) is 2.74. The van der Waals surface area contributed by atoms with E-state index in [9.17, 15) is 9.90 Å². The molecule has 1 amide bonds. The Morgan fingerprint density at radius 1 is 1.38 bits per heavy atom.